The topological polar surface area (TPSA) is 49.3 Å². The highest BCUT2D eigenvalue weighted by molar-refractivity contribution is 5.87. The molecule has 0 spiro atoms. The highest BCUT2D eigenvalue weighted by Gasteiger charge is 2.01. The zero-order chi connectivity index (χ0) is 12.8. The van der Waals surface area contributed by atoms with Gasteiger partial charge >= 0.3 is 5.97 Å². The minimum absolute atomic E-state index is 0.309. The highest BCUT2D eigenvalue weighted by atomic mass is 16.4. The van der Waals surface area contributed by atoms with E-state index in [1.165, 1.54) is 5.56 Å². The zero-order valence-corrected chi connectivity index (χ0v) is 9.97. The van der Waals surface area contributed by atoms with Gasteiger partial charge in [0, 0.05) is 12.2 Å². The van der Waals surface area contributed by atoms with Crippen molar-refractivity contribution in [1.82, 2.24) is 0 Å². The van der Waals surface area contributed by atoms with E-state index in [0.29, 0.717) is 5.56 Å². The molecular weight excluding hydrogens is 226 g/mol. The van der Waals surface area contributed by atoms with Gasteiger partial charge in [0.05, 0.1) is 5.56 Å². The number of rotatable bonds is 5. The largest absolute Gasteiger partial charge is 0.478 e. The van der Waals surface area contributed by atoms with Crippen molar-refractivity contribution in [2.24, 2.45) is 0 Å². The van der Waals surface area contributed by atoms with Gasteiger partial charge in [-0.15, -0.1) is 0 Å². The molecule has 2 aromatic carbocycles. The maximum atomic E-state index is 10.7. The summed E-state index contributed by atoms with van der Waals surface area (Å²) in [5.41, 5.74) is 2.53. The van der Waals surface area contributed by atoms with Gasteiger partial charge in [-0.25, -0.2) is 4.79 Å². The molecule has 0 saturated carbocycles. The number of hydrogen-bond acceptors (Lipinski definition) is 2. The first-order valence-electron chi connectivity index (χ1n) is 5.87. The molecule has 0 aliphatic carbocycles. The van der Waals surface area contributed by atoms with Gasteiger partial charge in [0.25, 0.3) is 0 Å². The van der Waals surface area contributed by atoms with E-state index in [9.17, 15) is 4.79 Å². The second kappa shape index (κ2) is 5.87. The van der Waals surface area contributed by atoms with Crippen molar-refractivity contribution in [2.45, 2.75) is 6.42 Å². The van der Waals surface area contributed by atoms with E-state index in [1.807, 2.05) is 18.2 Å². The second-order valence-corrected chi connectivity index (χ2v) is 4.04. The molecule has 0 bridgehead atoms. The van der Waals surface area contributed by atoms with Crippen LogP contribution in [0.4, 0.5) is 5.69 Å². The Morgan fingerprint density at radius 3 is 2.28 bits per heavy atom. The molecule has 0 atom stereocenters. The molecule has 2 N–H and O–H groups in total. The van der Waals surface area contributed by atoms with E-state index >= 15 is 0 Å². The Morgan fingerprint density at radius 1 is 1.00 bits per heavy atom. The van der Waals surface area contributed by atoms with Crippen molar-refractivity contribution >= 4 is 11.7 Å². The van der Waals surface area contributed by atoms with Crippen molar-refractivity contribution < 1.29 is 9.90 Å². The summed E-state index contributed by atoms with van der Waals surface area (Å²) in [5, 5.41) is 12.0. The lowest BCUT2D eigenvalue weighted by Crippen LogP contribution is -2.05. The fraction of sp³-hybridized carbons (Fsp3) is 0.133. The normalized spacial score (nSPS) is 10.0. The number of carboxylic acid groups (broad SMARTS) is 1. The fourth-order valence-electron chi connectivity index (χ4n) is 1.73. The lowest BCUT2D eigenvalue weighted by molar-refractivity contribution is 0.0697. The number of aromatic carboxylic acids is 1. The van der Waals surface area contributed by atoms with E-state index in [1.54, 1.807) is 24.3 Å². The summed E-state index contributed by atoms with van der Waals surface area (Å²) in [6.07, 6.45) is 0.946. The Labute approximate surface area is 106 Å². The number of carbonyl (C=O) groups is 1. The molecule has 0 amide bonds. The Kier molecular flexibility index (Phi) is 3.97. The average Bonchev–Trinajstić information content (AvgIpc) is 2.40. The van der Waals surface area contributed by atoms with Crippen LogP contribution in [0.5, 0.6) is 0 Å². The molecule has 0 unspecified atom stereocenters. The molecule has 0 aliphatic rings. The fourth-order valence-corrected chi connectivity index (χ4v) is 1.73. The van der Waals surface area contributed by atoms with Crippen LogP contribution in [-0.2, 0) is 6.42 Å². The summed E-state index contributed by atoms with van der Waals surface area (Å²) in [6.45, 7) is 0.830. The van der Waals surface area contributed by atoms with E-state index in [0.717, 1.165) is 18.7 Å². The van der Waals surface area contributed by atoms with Gasteiger partial charge in [0.1, 0.15) is 0 Å². The van der Waals surface area contributed by atoms with Gasteiger partial charge < -0.3 is 10.4 Å². The standard InChI is InChI=1S/C15H15NO2/c17-15(18)13-6-8-14(9-7-13)16-11-10-12-4-2-1-3-5-12/h1-9,16H,10-11H2,(H,17,18). The van der Waals surface area contributed by atoms with Crippen LogP contribution in [0.2, 0.25) is 0 Å². The first kappa shape index (κ1) is 12.2. The minimum atomic E-state index is -0.897. The second-order valence-electron chi connectivity index (χ2n) is 4.04. The smallest absolute Gasteiger partial charge is 0.335 e. The molecule has 3 heteroatoms. The van der Waals surface area contributed by atoms with Crippen LogP contribution in [0.25, 0.3) is 0 Å². The molecule has 92 valence electrons. The van der Waals surface area contributed by atoms with Crippen molar-refractivity contribution in [3.8, 4) is 0 Å². The lowest BCUT2D eigenvalue weighted by Gasteiger charge is -2.06. The summed E-state index contributed by atoms with van der Waals surface area (Å²) in [5.74, 6) is -0.897. The molecule has 0 heterocycles. The lowest BCUT2D eigenvalue weighted by atomic mass is 10.1. The van der Waals surface area contributed by atoms with Crippen LogP contribution in [-0.4, -0.2) is 17.6 Å². The molecule has 0 aromatic heterocycles. The van der Waals surface area contributed by atoms with Crippen molar-refractivity contribution in [2.75, 3.05) is 11.9 Å². The molecule has 2 aromatic rings. The van der Waals surface area contributed by atoms with Crippen LogP contribution >= 0.6 is 0 Å². The molecule has 0 radical (unpaired) electrons. The van der Waals surface area contributed by atoms with E-state index in [2.05, 4.69) is 17.4 Å². The quantitative estimate of drug-likeness (QED) is 0.845. The van der Waals surface area contributed by atoms with Gasteiger partial charge in [-0.1, -0.05) is 30.3 Å². The predicted molar refractivity (Wildman–Crippen MR) is 72.0 cm³/mol. The maximum Gasteiger partial charge on any atom is 0.335 e. The van der Waals surface area contributed by atoms with Crippen molar-refractivity contribution in [1.29, 1.82) is 0 Å². The van der Waals surface area contributed by atoms with Crippen molar-refractivity contribution in [3.63, 3.8) is 0 Å². The molecule has 0 saturated heterocycles. The predicted octanol–water partition coefficient (Wildman–Crippen LogP) is 3.04. The first-order valence-corrected chi connectivity index (χ1v) is 5.87. The number of hydrogen-bond donors (Lipinski definition) is 2. The van der Waals surface area contributed by atoms with Crippen LogP contribution in [0, 0.1) is 0 Å². The third-order valence-corrected chi connectivity index (χ3v) is 2.72. The Balaban J connectivity index is 1.85. The summed E-state index contributed by atoms with van der Waals surface area (Å²) < 4.78 is 0. The monoisotopic (exact) mass is 241 g/mol. The summed E-state index contributed by atoms with van der Waals surface area (Å²) >= 11 is 0. The summed E-state index contributed by atoms with van der Waals surface area (Å²) in [7, 11) is 0. The maximum absolute atomic E-state index is 10.7. The first-order chi connectivity index (χ1) is 8.75. The Hall–Kier alpha value is -2.29. The number of nitrogens with one attached hydrogen (secondary N) is 1. The molecule has 18 heavy (non-hydrogen) atoms. The number of anilines is 1. The van der Waals surface area contributed by atoms with Crippen LogP contribution < -0.4 is 5.32 Å². The van der Waals surface area contributed by atoms with Gasteiger partial charge in [-0.05, 0) is 36.2 Å². The molecular formula is C15H15NO2. The minimum Gasteiger partial charge on any atom is -0.478 e. The van der Waals surface area contributed by atoms with Gasteiger partial charge in [-0.3, -0.25) is 0 Å². The van der Waals surface area contributed by atoms with Crippen molar-refractivity contribution in [3.05, 3.63) is 65.7 Å². The third kappa shape index (κ3) is 3.35. The van der Waals surface area contributed by atoms with E-state index in [4.69, 9.17) is 5.11 Å². The van der Waals surface area contributed by atoms with Gasteiger partial charge in [-0.2, -0.15) is 0 Å². The average molecular weight is 241 g/mol. The summed E-state index contributed by atoms with van der Waals surface area (Å²) in [4.78, 5) is 10.7. The highest BCUT2D eigenvalue weighted by Crippen LogP contribution is 2.09. The van der Waals surface area contributed by atoms with Crippen LogP contribution in [0.3, 0.4) is 0 Å². The summed E-state index contributed by atoms with van der Waals surface area (Å²) in [6, 6.07) is 17.0. The molecule has 0 fully saturated rings. The van der Waals surface area contributed by atoms with E-state index < -0.39 is 5.97 Å². The SMILES string of the molecule is O=C(O)c1ccc(NCCc2ccccc2)cc1. The van der Waals surface area contributed by atoms with Gasteiger partial charge in [0.2, 0.25) is 0 Å². The molecule has 2 rings (SSSR count). The van der Waals surface area contributed by atoms with Crippen LogP contribution in [0.1, 0.15) is 15.9 Å². The number of carboxylic acids is 1. The van der Waals surface area contributed by atoms with Crippen LogP contribution in [0.15, 0.2) is 54.6 Å². The molecule has 3 nitrogen and oxygen atoms in total. The Bertz CT molecular complexity index is 506. The molecule has 0 aliphatic heterocycles. The van der Waals surface area contributed by atoms with Gasteiger partial charge in [0.15, 0.2) is 0 Å². The van der Waals surface area contributed by atoms with E-state index in [-0.39, 0.29) is 0 Å². The third-order valence-electron chi connectivity index (χ3n) is 2.72. The number of benzene rings is 2. The zero-order valence-electron chi connectivity index (χ0n) is 9.97. The Morgan fingerprint density at radius 2 is 1.67 bits per heavy atom.